The van der Waals surface area contributed by atoms with E-state index in [2.05, 4.69) is 0 Å². The normalized spacial score (nSPS) is 9.31. The van der Waals surface area contributed by atoms with E-state index in [1.807, 2.05) is 19.9 Å². The van der Waals surface area contributed by atoms with Crippen molar-refractivity contribution in [3.05, 3.63) is 23.3 Å². The molecule has 68 valence electrons. The minimum atomic E-state index is 0.491. The van der Waals surface area contributed by atoms with Crippen LogP contribution in [0.2, 0.25) is 0 Å². The zero-order chi connectivity index (χ0) is 9.84. The lowest BCUT2D eigenvalue weighted by Gasteiger charge is -2.07. The second kappa shape index (κ2) is 3.81. The first kappa shape index (κ1) is 9.40. The summed E-state index contributed by atoms with van der Waals surface area (Å²) in [7, 11) is 0. The van der Waals surface area contributed by atoms with Crippen molar-refractivity contribution in [3.8, 4) is 11.8 Å². The highest BCUT2D eigenvalue weighted by Crippen LogP contribution is 2.24. The van der Waals surface area contributed by atoms with Gasteiger partial charge >= 0.3 is 0 Å². The molecule has 3 nitrogen and oxygen atoms in total. The Morgan fingerprint density at radius 1 is 1.54 bits per heavy atom. The molecule has 0 aliphatic rings. The molecule has 0 saturated carbocycles. The predicted octanol–water partition coefficient (Wildman–Crippen LogP) is 1.85. The molecule has 0 aromatic heterocycles. The first-order valence-corrected chi connectivity index (χ1v) is 4.12. The van der Waals surface area contributed by atoms with E-state index in [1.54, 1.807) is 12.1 Å². The molecule has 0 amide bonds. The number of ether oxygens (including phenoxy) is 1. The summed E-state index contributed by atoms with van der Waals surface area (Å²) in [6.45, 7) is 4.32. The van der Waals surface area contributed by atoms with Crippen molar-refractivity contribution >= 4 is 5.69 Å². The van der Waals surface area contributed by atoms with E-state index >= 15 is 0 Å². The van der Waals surface area contributed by atoms with Crippen LogP contribution in [0.5, 0.6) is 5.75 Å². The van der Waals surface area contributed by atoms with Gasteiger partial charge in [-0.2, -0.15) is 5.26 Å². The molecule has 0 spiro atoms. The number of nitrogen functional groups attached to an aromatic ring is 1. The summed E-state index contributed by atoms with van der Waals surface area (Å²) in [4.78, 5) is 0. The molecule has 3 heteroatoms. The molecular weight excluding hydrogens is 164 g/mol. The molecule has 1 aromatic carbocycles. The van der Waals surface area contributed by atoms with Crippen LogP contribution in [0.1, 0.15) is 18.1 Å². The summed E-state index contributed by atoms with van der Waals surface area (Å²) in [5.41, 5.74) is 7.70. The first-order chi connectivity index (χ1) is 6.19. The lowest BCUT2D eigenvalue weighted by molar-refractivity contribution is 0.339. The Hall–Kier alpha value is -1.69. The van der Waals surface area contributed by atoms with Gasteiger partial charge in [0.1, 0.15) is 11.8 Å². The third kappa shape index (κ3) is 1.91. The fraction of sp³-hybridized carbons (Fsp3) is 0.300. The van der Waals surface area contributed by atoms with Crippen molar-refractivity contribution in [2.45, 2.75) is 13.8 Å². The summed E-state index contributed by atoms with van der Waals surface area (Å²) in [5, 5.41) is 8.77. The van der Waals surface area contributed by atoms with E-state index in [1.165, 1.54) is 0 Å². The number of hydrogen-bond acceptors (Lipinski definition) is 3. The van der Waals surface area contributed by atoms with Gasteiger partial charge in [-0.1, -0.05) is 0 Å². The first-order valence-electron chi connectivity index (χ1n) is 4.12. The number of nitrogens with zero attached hydrogens (tertiary/aromatic N) is 1. The van der Waals surface area contributed by atoms with Crippen LogP contribution in [-0.4, -0.2) is 6.61 Å². The third-order valence-corrected chi connectivity index (χ3v) is 1.79. The Morgan fingerprint density at radius 3 is 2.77 bits per heavy atom. The van der Waals surface area contributed by atoms with E-state index in [-0.39, 0.29) is 0 Å². The predicted molar refractivity (Wildman–Crippen MR) is 51.5 cm³/mol. The number of aryl methyl sites for hydroxylation is 1. The molecule has 0 unspecified atom stereocenters. The molecule has 0 heterocycles. The Bertz CT molecular complexity index is 353. The Kier molecular flexibility index (Phi) is 2.76. The monoisotopic (exact) mass is 176 g/mol. The summed E-state index contributed by atoms with van der Waals surface area (Å²) in [5.74, 6) is 0.608. The minimum absolute atomic E-state index is 0.491. The largest absolute Gasteiger partial charge is 0.492 e. The molecule has 13 heavy (non-hydrogen) atoms. The van der Waals surface area contributed by atoms with E-state index in [0.717, 1.165) is 5.56 Å². The maximum absolute atomic E-state index is 8.77. The van der Waals surface area contributed by atoms with Gasteiger partial charge in [-0.05, 0) is 31.5 Å². The number of rotatable bonds is 2. The van der Waals surface area contributed by atoms with E-state index in [0.29, 0.717) is 23.6 Å². The Balaban J connectivity index is 3.18. The number of benzene rings is 1. The second-order valence-corrected chi connectivity index (χ2v) is 2.75. The van der Waals surface area contributed by atoms with Crippen molar-refractivity contribution < 1.29 is 4.74 Å². The van der Waals surface area contributed by atoms with Gasteiger partial charge in [0.25, 0.3) is 0 Å². The summed E-state index contributed by atoms with van der Waals surface area (Å²) in [6, 6.07) is 5.47. The van der Waals surface area contributed by atoms with Crippen LogP contribution in [-0.2, 0) is 0 Å². The maximum Gasteiger partial charge on any atom is 0.137 e. The van der Waals surface area contributed by atoms with Gasteiger partial charge in [0.2, 0.25) is 0 Å². The smallest absolute Gasteiger partial charge is 0.137 e. The van der Waals surface area contributed by atoms with Gasteiger partial charge < -0.3 is 10.5 Å². The molecular formula is C10H12N2O. The molecule has 0 atom stereocenters. The fourth-order valence-corrected chi connectivity index (χ4v) is 1.06. The third-order valence-electron chi connectivity index (χ3n) is 1.79. The molecule has 1 aromatic rings. The standard InChI is InChI=1S/C10H12N2O/c1-3-13-10-4-7(2)9(12)5-8(10)6-11/h4-5H,3,12H2,1-2H3. The average Bonchev–Trinajstić information content (AvgIpc) is 2.11. The Labute approximate surface area is 77.7 Å². The zero-order valence-corrected chi connectivity index (χ0v) is 7.79. The average molecular weight is 176 g/mol. The van der Waals surface area contributed by atoms with Gasteiger partial charge in [-0.3, -0.25) is 0 Å². The summed E-state index contributed by atoms with van der Waals surface area (Å²) >= 11 is 0. The van der Waals surface area contributed by atoms with Crippen molar-refractivity contribution in [3.63, 3.8) is 0 Å². The van der Waals surface area contributed by atoms with Crippen molar-refractivity contribution in [2.24, 2.45) is 0 Å². The van der Waals surface area contributed by atoms with Gasteiger partial charge in [0.05, 0.1) is 12.2 Å². The van der Waals surface area contributed by atoms with Crippen LogP contribution in [0.3, 0.4) is 0 Å². The molecule has 2 N–H and O–H groups in total. The zero-order valence-electron chi connectivity index (χ0n) is 7.79. The highest BCUT2D eigenvalue weighted by molar-refractivity contribution is 5.57. The highest BCUT2D eigenvalue weighted by atomic mass is 16.5. The molecule has 1 rings (SSSR count). The van der Waals surface area contributed by atoms with Gasteiger partial charge in [-0.15, -0.1) is 0 Å². The topological polar surface area (TPSA) is 59.0 Å². The Morgan fingerprint density at radius 2 is 2.23 bits per heavy atom. The number of nitrogens with two attached hydrogens (primary N) is 1. The molecule has 0 saturated heterocycles. The summed E-state index contributed by atoms with van der Waals surface area (Å²) in [6.07, 6.45) is 0. The van der Waals surface area contributed by atoms with Crippen molar-refractivity contribution in [2.75, 3.05) is 12.3 Å². The SMILES string of the molecule is CCOc1cc(C)c(N)cc1C#N. The molecule has 0 aliphatic carbocycles. The van der Waals surface area contributed by atoms with Crippen molar-refractivity contribution in [1.82, 2.24) is 0 Å². The fourth-order valence-electron chi connectivity index (χ4n) is 1.06. The minimum Gasteiger partial charge on any atom is -0.492 e. The van der Waals surface area contributed by atoms with E-state index in [4.69, 9.17) is 15.7 Å². The van der Waals surface area contributed by atoms with Gasteiger partial charge in [0, 0.05) is 5.69 Å². The van der Waals surface area contributed by atoms with E-state index < -0.39 is 0 Å². The van der Waals surface area contributed by atoms with Crippen LogP contribution < -0.4 is 10.5 Å². The lowest BCUT2D eigenvalue weighted by Crippen LogP contribution is -1.97. The molecule has 0 bridgehead atoms. The number of hydrogen-bond donors (Lipinski definition) is 1. The molecule has 0 aliphatic heterocycles. The van der Waals surface area contributed by atoms with Crippen LogP contribution in [0, 0.1) is 18.3 Å². The van der Waals surface area contributed by atoms with Gasteiger partial charge in [0.15, 0.2) is 0 Å². The maximum atomic E-state index is 8.77. The van der Waals surface area contributed by atoms with Crippen molar-refractivity contribution in [1.29, 1.82) is 5.26 Å². The highest BCUT2D eigenvalue weighted by Gasteiger charge is 2.05. The molecule has 0 fully saturated rings. The molecule has 0 radical (unpaired) electrons. The van der Waals surface area contributed by atoms with Crippen LogP contribution in [0.4, 0.5) is 5.69 Å². The quantitative estimate of drug-likeness (QED) is 0.699. The van der Waals surface area contributed by atoms with Crippen LogP contribution in [0.15, 0.2) is 12.1 Å². The van der Waals surface area contributed by atoms with Crippen LogP contribution in [0.25, 0.3) is 0 Å². The summed E-state index contributed by atoms with van der Waals surface area (Å²) < 4.78 is 5.29. The number of anilines is 1. The van der Waals surface area contributed by atoms with Gasteiger partial charge in [-0.25, -0.2) is 0 Å². The van der Waals surface area contributed by atoms with E-state index in [9.17, 15) is 0 Å². The second-order valence-electron chi connectivity index (χ2n) is 2.75. The van der Waals surface area contributed by atoms with Crippen LogP contribution >= 0.6 is 0 Å². The number of nitriles is 1. The lowest BCUT2D eigenvalue weighted by atomic mass is 10.1.